The van der Waals surface area contributed by atoms with Crippen molar-refractivity contribution in [2.45, 2.75) is 59.3 Å². The van der Waals surface area contributed by atoms with Crippen molar-refractivity contribution < 1.29 is 9.15 Å². The molecule has 2 nitrogen and oxygen atoms in total. The zero-order chi connectivity index (χ0) is 17.1. The Morgan fingerprint density at radius 2 is 1.50 bits per heavy atom. The Morgan fingerprint density at radius 1 is 0.833 bits per heavy atom. The number of hydrogen-bond acceptors (Lipinski definition) is 2. The number of rotatable bonds is 7. The molecule has 2 heteroatoms. The van der Waals surface area contributed by atoms with E-state index in [-0.39, 0.29) is 0 Å². The van der Waals surface area contributed by atoms with Gasteiger partial charge >= 0.3 is 0 Å². The highest BCUT2D eigenvalue weighted by molar-refractivity contribution is 6.07. The monoisotopic (exact) mass is 324 g/mol. The fraction of sp³-hybridized carbons (Fsp3) is 0.455. The van der Waals surface area contributed by atoms with Gasteiger partial charge in [0.15, 0.2) is 0 Å². The highest BCUT2D eigenvalue weighted by Crippen LogP contribution is 2.37. The molecular weight excluding hydrogens is 296 g/mol. The van der Waals surface area contributed by atoms with Crippen LogP contribution in [0.25, 0.3) is 21.9 Å². The molecule has 1 aromatic heterocycles. The minimum absolute atomic E-state index is 0.885. The van der Waals surface area contributed by atoms with E-state index in [9.17, 15) is 0 Å². The molecule has 0 aliphatic rings. The lowest BCUT2D eigenvalue weighted by Crippen LogP contribution is -1.90. The Hall–Kier alpha value is -1.96. The third-order valence-electron chi connectivity index (χ3n) is 5.14. The van der Waals surface area contributed by atoms with E-state index in [1.165, 1.54) is 54.0 Å². The van der Waals surface area contributed by atoms with Crippen LogP contribution in [-0.2, 0) is 6.42 Å². The average molecular weight is 324 g/mol. The number of aryl methyl sites for hydroxylation is 3. The van der Waals surface area contributed by atoms with Crippen molar-refractivity contribution in [3.63, 3.8) is 0 Å². The van der Waals surface area contributed by atoms with Gasteiger partial charge in [0.2, 0.25) is 0 Å². The zero-order valence-electron chi connectivity index (χ0n) is 15.4. The molecule has 0 amide bonds. The lowest BCUT2D eigenvalue weighted by molar-refractivity contribution is 0.411. The number of methoxy groups -OCH3 is 1. The third-order valence-corrected chi connectivity index (χ3v) is 5.14. The fourth-order valence-electron chi connectivity index (χ4n) is 3.61. The molecule has 0 bridgehead atoms. The van der Waals surface area contributed by atoms with Crippen LogP contribution in [-0.4, -0.2) is 7.11 Å². The molecule has 0 atom stereocenters. The van der Waals surface area contributed by atoms with Gasteiger partial charge in [0.1, 0.15) is 16.9 Å². The highest BCUT2D eigenvalue weighted by atomic mass is 16.5. The number of benzene rings is 2. The van der Waals surface area contributed by atoms with Crippen LogP contribution in [0, 0.1) is 13.8 Å². The summed E-state index contributed by atoms with van der Waals surface area (Å²) in [6.07, 6.45) is 7.73. The summed E-state index contributed by atoms with van der Waals surface area (Å²) in [5, 5.41) is 2.39. The summed E-state index contributed by atoms with van der Waals surface area (Å²) in [5.74, 6) is 0.885. The maximum atomic E-state index is 6.26. The van der Waals surface area contributed by atoms with Crippen LogP contribution in [0.4, 0.5) is 0 Å². The number of unbranched alkanes of at least 4 members (excludes halogenated alkanes) is 4. The van der Waals surface area contributed by atoms with Gasteiger partial charge in [-0.05, 0) is 49.9 Å². The molecule has 3 aromatic rings. The number of furan rings is 1. The predicted octanol–water partition coefficient (Wildman–Crippen LogP) is 6.72. The topological polar surface area (TPSA) is 22.4 Å². The van der Waals surface area contributed by atoms with Gasteiger partial charge in [0.25, 0.3) is 0 Å². The molecule has 0 fully saturated rings. The van der Waals surface area contributed by atoms with Gasteiger partial charge < -0.3 is 9.15 Å². The minimum atomic E-state index is 0.885. The molecule has 128 valence electrons. The predicted molar refractivity (Wildman–Crippen MR) is 102 cm³/mol. The summed E-state index contributed by atoms with van der Waals surface area (Å²) in [7, 11) is 1.71. The summed E-state index contributed by atoms with van der Waals surface area (Å²) in [4.78, 5) is 0. The van der Waals surface area contributed by atoms with E-state index in [4.69, 9.17) is 9.15 Å². The number of hydrogen-bond donors (Lipinski definition) is 0. The fourth-order valence-corrected chi connectivity index (χ4v) is 3.61. The average Bonchev–Trinajstić information content (AvgIpc) is 2.97. The smallest absolute Gasteiger partial charge is 0.142 e. The van der Waals surface area contributed by atoms with Crippen LogP contribution in [0.1, 0.15) is 55.7 Å². The lowest BCUT2D eigenvalue weighted by Gasteiger charge is -2.06. The van der Waals surface area contributed by atoms with E-state index in [0.29, 0.717) is 0 Å². The van der Waals surface area contributed by atoms with Crippen molar-refractivity contribution in [2.24, 2.45) is 0 Å². The molecule has 0 aliphatic heterocycles. The second-order valence-corrected chi connectivity index (χ2v) is 6.76. The van der Waals surface area contributed by atoms with Gasteiger partial charge in [-0.15, -0.1) is 0 Å². The molecule has 0 spiro atoms. The van der Waals surface area contributed by atoms with E-state index < -0.39 is 0 Å². The van der Waals surface area contributed by atoms with E-state index in [2.05, 4.69) is 39.0 Å². The van der Waals surface area contributed by atoms with Gasteiger partial charge in [0, 0.05) is 16.3 Å². The molecule has 0 radical (unpaired) electrons. The Morgan fingerprint density at radius 3 is 2.21 bits per heavy atom. The summed E-state index contributed by atoms with van der Waals surface area (Å²) in [6, 6.07) is 8.65. The first-order chi connectivity index (χ1) is 11.7. The molecule has 0 saturated carbocycles. The Kier molecular flexibility index (Phi) is 5.13. The Balaban J connectivity index is 1.93. The van der Waals surface area contributed by atoms with Crippen molar-refractivity contribution in [2.75, 3.05) is 7.11 Å². The first-order valence-corrected chi connectivity index (χ1v) is 9.15. The molecule has 0 N–H and O–H groups in total. The van der Waals surface area contributed by atoms with Crippen molar-refractivity contribution in [3.8, 4) is 5.75 Å². The second-order valence-electron chi connectivity index (χ2n) is 6.76. The Bertz CT molecular complexity index is 842. The van der Waals surface area contributed by atoms with Crippen LogP contribution >= 0.6 is 0 Å². The number of fused-ring (bicyclic) bond motifs is 3. The maximum absolute atomic E-state index is 6.26. The normalized spacial score (nSPS) is 11.5. The second kappa shape index (κ2) is 7.29. The van der Waals surface area contributed by atoms with Crippen molar-refractivity contribution in [1.82, 2.24) is 0 Å². The molecule has 0 aliphatic carbocycles. The molecule has 2 aromatic carbocycles. The van der Waals surface area contributed by atoms with Crippen LogP contribution in [0.2, 0.25) is 0 Å². The summed E-state index contributed by atoms with van der Waals surface area (Å²) >= 11 is 0. The Labute approximate surface area is 144 Å². The van der Waals surface area contributed by atoms with Gasteiger partial charge in [-0.1, -0.05) is 44.7 Å². The van der Waals surface area contributed by atoms with E-state index in [1.807, 2.05) is 6.07 Å². The van der Waals surface area contributed by atoms with Crippen LogP contribution in [0.5, 0.6) is 5.75 Å². The quantitative estimate of drug-likeness (QED) is 0.450. The molecule has 0 saturated heterocycles. The van der Waals surface area contributed by atoms with Crippen LogP contribution in [0.15, 0.2) is 28.7 Å². The van der Waals surface area contributed by atoms with Crippen LogP contribution in [0.3, 0.4) is 0 Å². The first-order valence-electron chi connectivity index (χ1n) is 9.15. The summed E-state index contributed by atoms with van der Waals surface area (Å²) in [6.45, 7) is 6.52. The molecule has 24 heavy (non-hydrogen) atoms. The molecule has 0 unspecified atom stereocenters. The highest BCUT2D eigenvalue weighted by Gasteiger charge is 2.15. The largest absolute Gasteiger partial charge is 0.496 e. The van der Waals surface area contributed by atoms with Gasteiger partial charge in [0.05, 0.1) is 7.11 Å². The van der Waals surface area contributed by atoms with Gasteiger partial charge in [-0.25, -0.2) is 0 Å². The van der Waals surface area contributed by atoms with Gasteiger partial charge in [-0.3, -0.25) is 0 Å². The van der Waals surface area contributed by atoms with Gasteiger partial charge in [-0.2, -0.15) is 0 Å². The van der Waals surface area contributed by atoms with E-state index in [0.717, 1.165) is 28.9 Å². The van der Waals surface area contributed by atoms with Crippen molar-refractivity contribution >= 4 is 21.9 Å². The SMILES string of the molecule is CCCCCCCc1ccc2c(oc3c(C)c(OC)ccc32)c1C. The lowest BCUT2D eigenvalue weighted by atomic mass is 9.98. The van der Waals surface area contributed by atoms with E-state index >= 15 is 0 Å². The standard InChI is InChI=1S/C22H28O2/c1-5-6-7-8-9-10-17-11-12-18-19-13-14-20(23-4)16(3)22(19)24-21(18)15(17)2/h11-14H,5-10H2,1-4H3. The number of ether oxygens (including phenoxy) is 1. The summed E-state index contributed by atoms with van der Waals surface area (Å²) in [5.41, 5.74) is 5.77. The summed E-state index contributed by atoms with van der Waals surface area (Å²) < 4.78 is 11.7. The minimum Gasteiger partial charge on any atom is -0.496 e. The van der Waals surface area contributed by atoms with Crippen LogP contribution < -0.4 is 4.74 Å². The molecule has 1 heterocycles. The van der Waals surface area contributed by atoms with Crippen molar-refractivity contribution in [3.05, 3.63) is 41.0 Å². The first kappa shape index (κ1) is 16.9. The molecule has 3 rings (SSSR count). The van der Waals surface area contributed by atoms with Crippen molar-refractivity contribution in [1.29, 1.82) is 0 Å². The molecular formula is C22H28O2. The zero-order valence-corrected chi connectivity index (χ0v) is 15.4. The third kappa shape index (κ3) is 3.02. The van der Waals surface area contributed by atoms with E-state index in [1.54, 1.807) is 7.11 Å². The maximum Gasteiger partial charge on any atom is 0.142 e.